The SMILES string of the molecule is Cc1cc(Cc2cc(C)cc(C3C[C@@H]4CC[C@@]3(C)C4(C)C)c2O)c(O)c(C2C[C@H]3CC[C@]2(C)C3(C)C)c1. The predicted octanol–water partition coefficient (Wildman–Crippen LogP) is 9.17. The van der Waals surface area contributed by atoms with Crippen molar-refractivity contribution in [2.24, 2.45) is 33.5 Å². The van der Waals surface area contributed by atoms with Gasteiger partial charge in [0.25, 0.3) is 0 Å². The standard InChI is InChI=1S/C35H48O2/c1-20-13-22(30(36)26(15-20)28-18-24-9-11-34(28,7)32(24,3)4)17-23-14-21(2)16-27(31(23)37)29-19-25-10-12-35(29,8)33(25,5)6/h13-16,24-25,28-29,36-37H,9-12,17-19H2,1-8H3/t24-,25+,28?,29?,34+,35-. The first kappa shape index (κ1) is 25.3. The molecule has 4 bridgehead atoms. The van der Waals surface area contributed by atoms with Gasteiger partial charge in [0.15, 0.2) is 0 Å². The fourth-order valence-corrected chi connectivity index (χ4v) is 10.1. The van der Waals surface area contributed by atoms with E-state index in [1.165, 1.54) is 49.7 Å². The van der Waals surface area contributed by atoms with Crippen LogP contribution in [0, 0.1) is 47.3 Å². The minimum Gasteiger partial charge on any atom is -0.507 e. The maximum atomic E-state index is 11.7. The van der Waals surface area contributed by atoms with E-state index in [1.807, 2.05) is 0 Å². The molecule has 0 saturated heterocycles. The van der Waals surface area contributed by atoms with Gasteiger partial charge in [-0.1, -0.05) is 76.9 Å². The second kappa shape index (κ2) is 7.80. The van der Waals surface area contributed by atoms with Gasteiger partial charge in [-0.3, -0.25) is 0 Å². The average Bonchev–Trinajstić information content (AvgIpc) is 3.35. The molecular weight excluding hydrogens is 452 g/mol. The molecule has 2 nitrogen and oxygen atoms in total. The maximum Gasteiger partial charge on any atom is 0.122 e. The van der Waals surface area contributed by atoms with Gasteiger partial charge in [0.05, 0.1) is 0 Å². The molecule has 2 unspecified atom stereocenters. The highest BCUT2D eigenvalue weighted by molar-refractivity contribution is 5.53. The summed E-state index contributed by atoms with van der Waals surface area (Å²) in [5.41, 5.74) is 7.69. The van der Waals surface area contributed by atoms with Crippen molar-refractivity contribution in [2.45, 2.75) is 112 Å². The van der Waals surface area contributed by atoms with E-state index in [4.69, 9.17) is 0 Å². The van der Waals surface area contributed by atoms with Crippen molar-refractivity contribution in [1.29, 1.82) is 0 Å². The first-order valence-corrected chi connectivity index (χ1v) is 14.9. The minimum absolute atomic E-state index is 0.225. The molecule has 0 aromatic heterocycles. The van der Waals surface area contributed by atoms with Gasteiger partial charge in [0.1, 0.15) is 11.5 Å². The van der Waals surface area contributed by atoms with Crippen molar-refractivity contribution in [3.63, 3.8) is 0 Å². The van der Waals surface area contributed by atoms with Crippen LogP contribution in [0.5, 0.6) is 11.5 Å². The van der Waals surface area contributed by atoms with Crippen LogP contribution in [0.1, 0.15) is 125 Å². The minimum atomic E-state index is 0.225. The third-order valence-electron chi connectivity index (χ3n) is 13.4. The van der Waals surface area contributed by atoms with Gasteiger partial charge in [0, 0.05) is 6.42 Å². The van der Waals surface area contributed by atoms with Gasteiger partial charge < -0.3 is 10.2 Å². The molecule has 200 valence electrons. The molecule has 2 aromatic carbocycles. The van der Waals surface area contributed by atoms with Gasteiger partial charge in [-0.25, -0.2) is 0 Å². The molecule has 4 aliphatic rings. The lowest BCUT2D eigenvalue weighted by Gasteiger charge is -2.40. The zero-order valence-corrected chi connectivity index (χ0v) is 24.5. The second-order valence-corrected chi connectivity index (χ2v) is 15.2. The second-order valence-electron chi connectivity index (χ2n) is 15.2. The number of benzene rings is 2. The highest BCUT2D eigenvalue weighted by Gasteiger charge is 2.63. The summed E-state index contributed by atoms with van der Waals surface area (Å²) in [5, 5.41) is 23.4. The number of hydrogen-bond acceptors (Lipinski definition) is 2. The van der Waals surface area contributed by atoms with Gasteiger partial charge in [0.2, 0.25) is 0 Å². The van der Waals surface area contributed by atoms with Gasteiger partial charge in [-0.15, -0.1) is 0 Å². The van der Waals surface area contributed by atoms with Crippen LogP contribution in [0.2, 0.25) is 0 Å². The number of aromatic hydroxyl groups is 2. The first-order chi connectivity index (χ1) is 17.2. The molecule has 4 aliphatic carbocycles. The number of rotatable bonds is 4. The lowest BCUT2D eigenvalue weighted by molar-refractivity contribution is 0.133. The van der Waals surface area contributed by atoms with Crippen LogP contribution in [0.4, 0.5) is 0 Å². The van der Waals surface area contributed by atoms with Gasteiger partial charge in [-0.05, 0) is 120 Å². The highest BCUT2D eigenvalue weighted by atomic mass is 16.3. The predicted molar refractivity (Wildman–Crippen MR) is 152 cm³/mol. The van der Waals surface area contributed by atoms with Crippen LogP contribution >= 0.6 is 0 Å². The van der Waals surface area contributed by atoms with Crippen LogP contribution in [0.3, 0.4) is 0 Å². The Morgan fingerprint density at radius 3 is 1.32 bits per heavy atom. The molecule has 0 aliphatic heterocycles. The monoisotopic (exact) mass is 500 g/mol. The topological polar surface area (TPSA) is 40.5 Å². The van der Waals surface area contributed by atoms with E-state index in [2.05, 4.69) is 79.7 Å². The van der Waals surface area contributed by atoms with E-state index in [9.17, 15) is 10.2 Å². The van der Waals surface area contributed by atoms with Crippen molar-refractivity contribution >= 4 is 0 Å². The Balaban J connectivity index is 1.38. The number of phenolic OH excluding ortho intramolecular Hbond substituents is 2. The van der Waals surface area contributed by atoms with E-state index in [-0.39, 0.29) is 10.8 Å². The van der Waals surface area contributed by atoms with Crippen LogP contribution in [0.15, 0.2) is 24.3 Å². The Hall–Kier alpha value is -1.96. The van der Waals surface area contributed by atoms with E-state index in [1.54, 1.807) is 0 Å². The molecule has 2 aromatic rings. The largest absolute Gasteiger partial charge is 0.507 e. The molecule has 2 N–H and O–H groups in total. The summed E-state index contributed by atoms with van der Waals surface area (Å²) < 4.78 is 0. The molecule has 6 atom stereocenters. The number of phenols is 2. The summed E-state index contributed by atoms with van der Waals surface area (Å²) >= 11 is 0. The average molecular weight is 501 g/mol. The molecule has 0 spiro atoms. The van der Waals surface area contributed by atoms with Gasteiger partial charge in [-0.2, -0.15) is 0 Å². The quantitative estimate of drug-likeness (QED) is 0.439. The number of fused-ring (bicyclic) bond motifs is 4. The van der Waals surface area contributed by atoms with Crippen LogP contribution in [-0.4, -0.2) is 10.2 Å². The lowest BCUT2D eigenvalue weighted by Crippen LogP contribution is -2.31. The summed E-state index contributed by atoms with van der Waals surface area (Å²) in [6.07, 6.45) is 8.06. The third-order valence-corrected chi connectivity index (χ3v) is 13.4. The van der Waals surface area contributed by atoms with Crippen molar-refractivity contribution in [2.75, 3.05) is 0 Å². The maximum absolute atomic E-state index is 11.7. The third kappa shape index (κ3) is 3.23. The first-order valence-electron chi connectivity index (χ1n) is 14.9. The molecule has 6 rings (SSSR count). The van der Waals surface area contributed by atoms with Crippen LogP contribution in [-0.2, 0) is 6.42 Å². The zero-order valence-electron chi connectivity index (χ0n) is 24.5. The van der Waals surface area contributed by atoms with Crippen LogP contribution in [0.25, 0.3) is 0 Å². The fraction of sp³-hybridized carbons (Fsp3) is 0.657. The normalized spacial score (nSPS) is 37.0. The lowest BCUT2D eigenvalue weighted by atomic mass is 9.64. The summed E-state index contributed by atoms with van der Waals surface area (Å²) in [6, 6.07) is 8.77. The molecule has 4 saturated carbocycles. The van der Waals surface area contributed by atoms with Crippen molar-refractivity contribution in [3.05, 3.63) is 57.6 Å². The van der Waals surface area contributed by atoms with E-state index < -0.39 is 0 Å². The summed E-state index contributed by atoms with van der Waals surface area (Å²) in [6.45, 7) is 19.0. The number of aryl methyl sites for hydroxylation is 2. The van der Waals surface area contributed by atoms with Crippen molar-refractivity contribution in [3.8, 4) is 11.5 Å². The molecule has 2 heteroatoms. The van der Waals surface area contributed by atoms with Crippen molar-refractivity contribution in [1.82, 2.24) is 0 Å². The zero-order chi connectivity index (χ0) is 26.7. The summed E-state index contributed by atoms with van der Waals surface area (Å²) in [7, 11) is 0. The van der Waals surface area contributed by atoms with E-state index >= 15 is 0 Å². The Morgan fingerprint density at radius 2 is 1.03 bits per heavy atom. The Kier molecular flexibility index (Phi) is 5.34. The molecule has 0 radical (unpaired) electrons. The molecule has 0 amide bonds. The molecule has 37 heavy (non-hydrogen) atoms. The van der Waals surface area contributed by atoms with Crippen molar-refractivity contribution < 1.29 is 10.2 Å². The molecule has 0 heterocycles. The Bertz CT molecular complexity index is 1170. The fourth-order valence-electron chi connectivity index (χ4n) is 10.1. The smallest absolute Gasteiger partial charge is 0.122 e. The summed E-state index contributed by atoms with van der Waals surface area (Å²) in [5.74, 6) is 3.21. The molecular formula is C35H48O2. The Morgan fingerprint density at radius 1 is 0.649 bits per heavy atom. The highest BCUT2D eigenvalue weighted by Crippen LogP contribution is 2.72. The van der Waals surface area contributed by atoms with Crippen LogP contribution < -0.4 is 0 Å². The van der Waals surface area contributed by atoms with E-state index in [0.29, 0.717) is 40.6 Å². The molecule has 4 fully saturated rings. The number of hydrogen-bond donors (Lipinski definition) is 2. The van der Waals surface area contributed by atoms with Gasteiger partial charge >= 0.3 is 0 Å². The Labute approximate surface area is 224 Å². The summed E-state index contributed by atoms with van der Waals surface area (Å²) in [4.78, 5) is 0. The van der Waals surface area contributed by atoms with E-state index in [0.717, 1.165) is 34.1 Å².